The maximum atomic E-state index is 12.0. The molecule has 0 aromatic heterocycles. The van der Waals surface area contributed by atoms with Crippen LogP contribution in [0.3, 0.4) is 0 Å². The third-order valence-electron chi connectivity index (χ3n) is 4.50. The van der Waals surface area contributed by atoms with E-state index in [2.05, 4.69) is 54.1 Å². The molecule has 0 fully saturated rings. The van der Waals surface area contributed by atoms with Crippen LogP contribution >= 0.6 is 0 Å². The first kappa shape index (κ1) is 20.5. The number of nitrogens with one attached hydrogen (secondary N) is 3. The van der Waals surface area contributed by atoms with Gasteiger partial charge in [0.05, 0.1) is 6.54 Å². The number of hydrogen-bond donors (Lipinski definition) is 3. The van der Waals surface area contributed by atoms with Crippen LogP contribution in [0.4, 0.5) is 10.5 Å². The van der Waals surface area contributed by atoms with Gasteiger partial charge in [-0.3, -0.25) is 4.79 Å². The summed E-state index contributed by atoms with van der Waals surface area (Å²) >= 11 is 0. The first-order valence-corrected chi connectivity index (χ1v) is 9.33. The standard InChI is InChI=1S/C22H29N3O2/c1-15(2)19-10-8-18(9-11-19)12-13-23-22(27)24-14-20(26)25-21-16(3)6-5-7-17(21)4/h5-11,15H,12-14H2,1-4H3,(H,25,26)(H2,23,24,27). The fraction of sp³-hybridized carbons (Fsp3) is 0.364. The lowest BCUT2D eigenvalue weighted by Crippen LogP contribution is -2.40. The zero-order valence-electron chi connectivity index (χ0n) is 16.6. The van der Waals surface area contributed by atoms with Crippen LogP contribution in [0.25, 0.3) is 0 Å². The van der Waals surface area contributed by atoms with Crippen molar-refractivity contribution in [3.05, 3.63) is 64.7 Å². The van der Waals surface area contributed by atoms with Gasteiger partial charge < -0.3 is 16.0 Å². The molecule has 3 N–H and O–H groups in total. The molecule has 2 aromatic carbocycles. The maximum absolute atomic E-state index is 12.0. The Morgan fingerprint density at radius 2 is 1.56 bits per heavy atom. The van der Waals surface area contributed by atoms with Gasteiger partial charge in [0.25, 0.3) is 0 Å². The fourth-order valence-corrected chi connectivity index (χ4v) is 2.81. The van der Waals surface area contributed by atoms with Gasteiger partial charge >= 0.3 is 6.03 Å². The monoisotopic (exact) mass is 367 g/mol. The molecule has 27 heavy (non-hydrogen) atoms. The minimum absolute atomic E-state index is 0.0668. The Bertz CT molecular complexity index is 762. The van der Waals surface area contributed by atoms with Crippen LogP contribution in [0.5, 0.6) is 0 Å². The molecule has 144 valence electrons. The molecule has 0 saturated heterocycles. The van der Waals surface area contributed by atoms with E-state index < -0.39 is 0 Å². The summed E-state index contributed by atoms with van der Waals surface area (Å²) in [6.45, 7) is 8.66. The van der Waals surface area contributed by atoms with Crippen LogP contribution < -0.4 is 16.0 Å². The van der Waals surface area contributed by atoms with E-state index >= 15 is 0 Å². The fourth-order valence-electron chi connectivity index (χ4n) is 2.81. The molecular formula is C22H29N3O2. The van der Waals surface area contributed by atoms with Crippen LogP contribution in [0, 0.1) is 13.8 Å². The van der Waals surface area contributed by atoms with Crippen molar-refractivity contribution in [3.63, 3.8) is 0 Å². The van der Waals surface area contributed by atoms with Crippen LogP contribution in [0.15, 0.2) is 42.5 Å². The Balaban J connectivity index is 1.70. The third kappa shape index (κ3) is 6.44. The first-order chi connectivity index (χ1) is 12.9. The molecule has 3 amide bonds. The first-order valence-electron chi connectivity index (χ1n) is 9.33. The van der Waals surface area contributed by atoms with Crippen molar-refractivity contribution in [2.45, 2.75) is 40.0 Å². The molecule has 0 aliphatic rings. The predicted molar refractivity (Wildman–Crippen MR) is 110 cm³/mol. The Hall–Kier alpha value is -2.82. The van der Waals surface area contributed by atoms with Gasteiger partial charge in [-0.05, 0) is 48.4 Å². The second kappa shape index (κ2) is 9.76. The van der Waals surface area contributed by atoms with Crippen molar-refractivity contribution >= 4 is 17.6 Å². The second-order valence-corrected chi connectivity index (χ2v) is 7.07. The minimum Gasteiger partial charge on any atom is -0.338 e. The summed E-state index contributed by atoms with van der Waals surface area (Å²) in [6.07, 6.45) is 0.750. The number of carbonyl (C=O) groups excluding carboxylic acids is 2. The van der Waals surface area contributed by atoms with E-state index in [0.717, 1.165) is 23.2 Å². The van der Waals surface area contributed by atoms with Crippen LogP contribution in [-0.4, -0.2) is 25.0 Å². The summed E-state index contributed by atoms with van der Waals surface area (Å²) in [5.74, 6) is 0.268. The molecule has 0 aliphatic carbocycles. The highest BCUT2D eigenvalue weighted by Crippen LogP contribution is 2.19. The minimum atomic E-state index is -0.342. The lowest BCUT2D eigenvalue weighted by molar-refractivity contribution is -0.115. The Morgan fingerprint density at radius 3 is 2.15 bits per heavy atom. The Labute approximate surface area is 161 Å². The van der Waals surface area contributed by atoms with E-state index in [-0.39, 0.29) is 18.5 Å². The van der Waals surface area contributed by atoms with Gasteiger partial charge in [-0.1, -0.05) is 56.3 Å². The Morgan fingerprint density at radius 1 is 0.926 bits per heavy atom. The maximum Gasteiger partial charge on any atom is 0.315 e. The molecule has 0 aliphatic heterocycles. The molecule has 0 unspecified atom stereocenters. The van der Waals surface area contributed by atoms with Crippen LogP contribution in [0.1, 0.15) is 42.0 Å². The van der Waals surface area contributed by atoms with E-state index in [1.807, 2.05) is 32.0 Å². The van der Waals surface area contributed by atoms with E-state index in [0.29, 0.717) is 12.5 Å². The molecule has 0 spiro atoms. The van der Waals surface area contributed by atoms with Gasteiger partial charge in [0, 0.05) is 12.2 Å². The van der Waals surface area contributed by atoms with Crippen molar-refractivity contribution in [3.8, 4) is 0 Å². The molecule has 0 saturated carbocycles. The summed E-state index contributed by atoms with van der Waals surface area (Å²) in [6, 6.07) is 13.9. The topological polar surface area (TPSA) is 70.2 Å². The summed E-state index contributed by atoms with van der Waals surface area (Å²) in [7, 11) is 0. The van der Waals surface area contributed by atoms with Gasteiger partial charge in [0.1, 0.15) is 0 Å². The number of aryl methyl sites for hydroxylation is 2. The van der Waals surface area contributed by atoms with Crippen molar-refractivity contribution in [2.75, 3.05) is 18.4 Å². The number of amides is 3. The van der Waals surface area contributed by atoms with E-state index in [1.165, 1.54) is 11.1 Å². The quantitative estimate of drug-likeness (QED) is 0.694. The van der Waals surface area contributed by atoms with E-state index in [4.69, 9.17) is 0 Å². The lowest BCUT2D eigenvalue weighted by Gasteiger charge is -2.12. The molecule has 0 bridgehead atoms. The van der Waals surface area contributed by atoms with E-state index in [9.17, 15) is 9.59 Å². The summed E-state index contributed by atoms with van der Waals surface area (Å²) in [5.41, 5.74) is 5.27. The number of urea groups is 1. The highest BCUT2D eigenvalue weighted by atomic mass is 16.2. The average molecular weight is 367 g/mol. The molecule has 0 radical (unpaired) electrons. The zero-order valence-corrected chi connectivity index (χ0v) is 16.6. The summed E-state index contributed by atoms with van der Waals surface area (Å²) in [4.78, 5) is 23.9. The highest BCUT2D eigenvalue weighted by molar-refractivity contribution is 5.95. The highest BCUT2D eigenvalue weighted by Gasteiger charge is 2.09. The molecule has 5 heteroatoms. The SMILES string of the molecule is Cc1cccc(C)c1NC(=O)CNC(=O)NCCc1ccc(C(C)C)cc1. The Kier molecular flexibility index (Phi) is 7.41. The summed E-state index contributed by atoms with van der Waals surface area (Å²) < 4.78 is 0. The van der Waals surface area contributed by atoms with Crippen molar-refractivity contribution in [2.24, 2.45) is 0 Å². The molecule has 2 aromatic rings. The number of para-hydroxylation sites is 1. The van der Waals surface area contributed by atoms with Gasteiger partial charge in [-0.25, -0.2) is 4.79 Å². The van der Waals surface area contributed by atoms with Crippen molar-refractivity contribution < 1.29 is 9.59 Å². The molecule has 5 nitrogen and oxygen atoms in total. The average Bonchev–Trinajstić information content (AvgIpc) is 2.63. The molecule has 0 heterocycles. The number of anilines is 1. The van der Waals surface area contributed by atoms with Crippen molar-refractivity contribution in [1.82, 2.24) is 10.6 Å². The molecule has 2 rings (SSSR count). The number of rotatable bonds is 7. The molecule has 0 atom stereocenters. The lowest BCUT2D eigenvalue weighted by atomic mass is 10.0. The van der Waals surface area contributed by atoms with Gasteiger partial charge in [-0.2, -0.15) is 0 Å². The number of carbonyl (C=O) groups is 2. The third-order valence-corrected chi connectivity index (χ3v) is 4.50. The normalized spacial score (nSPS) is 10.6. The summed E-state index contributed by atoms with van der Waals surface area (Å²) in [5, 5.41) is 8.22. The zero-order chi connectivity index (χ0) is 19.8. The number of hydrogen-bond acceptors (Lipinski definition) is 2. The van der Waals surface area contributed by atoms with E-state index in [1.54, 1.807) is 0 Å². The van der Waals surface area contributed by atoms with Gasteiger partial charge in [-0.15, -0.1) is 0 Å². The second-order valence-electron chi connectivity index (χ2n) is 7.07. The predicted octanol–water partition coefficient (Wildman–Crippen LogP) is 3.91. The van der Waals surface area contributed by atoms with Gasteiger partial charge in [0.15, 0.2) is 0 Å². The van der Waals surface area contributed by atoms with Crippen LogP contribution in [-0.2, 0) is 11.2 Å². The molecular weight excluding hydrogens is 338 g/mol. The number of benzene rings is 2. The van der Waals surface area contributed by atoms with Crippen LogP contribution in [0.2, 0.25) is 0 Å². The van der Waals surface area contributed by atoms with Crippen molar-refractivity contribution in [1.29, 1.82) is 0 Å². The van der Waals surface area contributed by atoms with Gasteiger partial charge in [0.2, 0.25) is 5.91 Å². The smallest absolute Gasteiger partial charge is 0.315 e. The largest absolute Gasteiger partial charge is 0.338 e.